The average molecular weight is 713 g/mol. The van der Waals surface area contributed by atoms with Crippen LogP contribution in [0.1, 0.15) is 120 Å². The highest BCUT2D eigenvalue weighted by Gasteiger charge is 2.15. The molecule has 0 aliphatic heterocycles. The number of thiophene rings is 5. The van der Waals surface area contributed by atoms with Crippen molar-refractivity contribution >= 4 is 97.0 Å². The molecule has 0 amide bonds. The SMILES string of the molecule is CCCCCCCCCc1cc2cc3cc(-c4ccc(-c5cc6cc7cc(C(C)CCCCCCC)sc7cc6s5)s4)sc3cc2s1. The Labute approximate surface area is 301 Å². The lowest BCUT2D eigenvalue weighted by Crippen LogP contribution is -1.90. The Balaban J connectivity index is 1.01. The Morgan fingerprint density at radius 3 is 1.60 bits per heavy atom. The van der Waals surface area contributed by atoms with Crippen LogP contribution in [-0.2, 0) is 6.42 Å². The van der Waals surface area contributed by atoms with Crippen molar-refractivity contribution in [2.24, 2.45) is 0 Å². The molecule has 7 aromatic rings. The van der Waals surface area contributed by atoms with E-state index in [2.05, 4.69) is 81.4 Å². The molecule has 5 heteroatoms. The molecular weight excluding hydrogens is 665 g/mol. The number of fused-ring (bicyclic) bond motifs is 4. The smallest absolute Gasteiger partial charge is 0.0455 e. The molecule has 47 heavy (non-hydrogen) atoms. The molecule has 0 bridgehead atoms. The minimum absolute atomic E-state index is 0.662. The summed E-state index contributed by atoms with van der Waals surface area (Å²) < 4.78 is 5.72. The summed E-state index contributed by atoms with van der Waals surface area (Å²) >= 11 is 9.89. The predicted octanol–water partition coefficient (Wildman–Crippen LogP) is 16.7. The highest BCUT2D eigenvalue weighted by molar-refractivity contribution is 7.30. The molecule has 0 aliphatic rings. The van der Waals surface area contributed by atoms with Crippen molar-refractivity contribution in [2.45, 2.75) is 117 Å². The van der Waals surface area contributed by atoms with Crippen molar-refractivity contribution in [1.29, 1.82) is 0 Å². The number of benzene rings is 2. The summed E-state index contributed by atoms with van der Waals surface area (Å²) in [4.78, 5) is 8.67. The molecule has 0 saturated heterocycles. The van der Waals surface area contributed by atoms with Crippen LogP contribution in [0.3, 0.4) is 0 Å². The molecule has 5 heterocycles. The van der Waals surface area contributed by atoms with Crippen LogP contribution in [0.5, 0.6) is 0 Å². The lowest BCUT2D eigenvalue weighted by molar-refractivity contribution is 0.571. The Morgan fingerprint density at radius 2 is 0.957 bits per heavy atom. The van der Waals surface area contributed by atoms with E-state index in [0.29, 0.717) is 5.92 Å². The monoisotopic (exact) mass is 712 g/mol. The van der Waals surface area contributed by atoms with E-state index in [1.165, 1.54) is 150 Å². The predicted molar refractivity (Wildman–Crippen MR) is 220 cm³/mol. The van der Waals surface area contributed by atoms with Gasteiger partial charge in [0, 0.05) is 48.1 Å². The van der Waals surface area contributed by atoms with Gasteiger partial charge in [-0.15, -0.1) is 56.7 Å². The van der Waals surface area contributed by atoms with E-state index in [9.17, 15) is 0 Å². The Morgan fingerprint density at radius 1 is 0.447 bits per heavy atom. The van der Waals surface area contributed by atoms with Crippen molar-refractivity contribution < 1.29 is 0 Å². The lowest BCUT2D eigenvalue weighted by Gasteiger charge is -2.08. The molecule has 5 aromatic heterocycles. The van der Waals surface area contributed by atoms with Gasteiger partial charge in [-0.25, -0.2) is 0 Å². The van der Waals surface area contributed by atoms with Gasteiger partial charge in [-0.3, -0.25) is 0 Å². The molecule has 1 unspecified atom stereocenters. The number of aryl methyl sites for hydroxylation is 1. The van der Waals surface area contributed by atoms with Crippen LogP contribution in [0.15, 0.2) is 60.7 Å². The number of hydrogen-bond donors (Lipinski definition) is 0. The normalized spacial score (nSPS) is 12.8. The zero-order valence-electron chi connectivity index (χ0n) is 28.3. The summed E-state index contributed by atoms with van der Waals surface area (Å²) in [6.45, 7) is 7.02. The average Bonchev–Trinajstić information content (AvgIpc) is 3.90. The van der Waals surface area contributed by atoms with Gasteiger partial charge in [-0.05, 0) is 107 Å². The summed E-state index contributed by atoms with van der Waals surface area (Å²) in [6.07, 6.45) is 19.0. The molecule has 0 N–H and O–H groups in total. The number of rotatable bonds is 17. The van der Waals surface area contributed by atoms with Crippen molar-refractivity contribution in [3.05, 3.63) is 70.4 Å². The van der Waals surface area contributed by atoms with Crippen LogP contribution in [0.4, 0.5) is 0 Å². The summed E-state index contributed by atoms with van der Waals surface area (Å²) in [5.74, 6) is 0.662. The third-order valence-corrected chi connectivity index (χ3v) is 15.9. The van der Waals surface area contributed by atoms with E-state index in [4.69, 9.17) is 0 Å². The Kier molecular flexibility index (Phi) is 11.2. The van der Waals surface area contributed by atoms with Gasteiger partial charge in [-0.2, -0.15) is 0 Å². The number of hydrogen-bond acceptors (Lipinski definition) is 5. The highest BCUT2D eigenvalue weighted by Crippen LogP contribution is 2.45. The van der Waals surface area contributed by atoms with Crippen LogP contribution in [0.2, 0.25) is 0 Å². The zero-order valence-corrected chi connectivity index (χ0v) is 32.4. The van der Waals surface area contributed by atoms with E-state index in [1.807, 2.05) is 56.7 Å². The van der Waals surface area contributed by atoms with Crippen LogP contribution in [-0.4, -0.2) is 0 Å². The maximum absolute atomic E-state index is 2.47. The fourth-order valence-corrected chi connectivity index (χ4v) is 12.7. The summed E-state index contributed by atoms with van der Waals surface area (Å²) in [7, 11) is 0. The second-order valence-electron chi connectivity index (χ2n) is 13.6. The molecule has 0 spiro atoms. The first kappa shape index (κ1) is 33.5. The van der Waals surface area contributed by atoms with Gasteiger partial charge in [0.15, 0.2) is 0 Å². The second-order valence-corrected chi connectivity index (χ2v) is 19.1. The molecule has 7 rings (SSSR count). The zero-order chi connectivity index (χ0) is 32.2. The second kappa shape index (κ2) is 15.7. The molecule has 0 radical (unpaired) electrons. The minimum Gasteiger partial charge on any atom is -0.140 e. The van der Waals surface area contributed by atoms with Crippen LogP contribution in [0, 0.1) is 0 Å². The largest absolute Gasteiger partial charge is 0.140 e. The van der Waals surface area contributed by atoms with E-state index >= 15 is 0 Å². The quantitative estimate of drug-likeness (QED) is 0.0825. The summed E-state index contributed by atoms with van der Waals surface area (Å²) in [5, 5.41) is 5.62. The first-order valence-electron chi connectivity index (χ1n) is 18.1. The van der Waals surface area contributed by atoms with Crippen LogP contribution >= 0.6 is 56.7 Å². The van der Waals surface area contributed by atoms with Gasteiger partial charge in [0.05, 0.1) is 0 Å². The van der Waals surface area contributed by atoms with Crippen LogP contribution in [0.25, 0.3) is 59.9 Å². The summed E-state index contributed by atoms with van der Waals surface area (Å²) in [5.41, 5.74) is 0. The maximum Gasteiger partial charge on any atom is 0.0455 e. The molecule has 0 nitrogen and oxygen atoms in total. The van der Waals surface area contributed by atoms with Crippen molar-refractivity contribution in [2.75, 3.05) is 0 Å². The lowest BCUT2D eigenvalue weighted by atomic mass is 10.0. The highest BCUT2D eigenvalue weighted by atomic mass is 32.1. The maximum atomic E-state index is 2.47. The van der Waals surface area contributed by atoms with E-state index in [0.717, 1.165) is 0 Å². The molecule has 0 fully saturated rings. The molecule has 0 aliphatic carbocycles. The van der Waals surface area contributed by atoms with Crippen molar-refractivity contribution in [3.8, 4) is 19.5 Å². The van der Waals surface area contributed by atoms with Crippen LogP contribution < -0.4 is 0 Å². The van der Waals surface area contributed by atoms with E-state index in [-0.39, 0.29) is 0 Å². The Hall–Kier alpha value is -2.02. The first-order valence-corrected chi connectivity index (χ1v) is 22.2. The first-order chi connectivity index (χ1) is 23.1. The van der Waals surface area contributed by atoms with Gasteiger partial charge in [0.25, 0.3) is 0 Å². The molecular formula is C42H48S5. The third-order valence-electron chi connectivity index (χ3n) is 9.73. The topological polar surface area (TPSA) is 0 Å². The Bertz CT molecular complexity index is 1950. The number of unbranched alkanes of at least 4 members (excludes halogenated alkanes) is 10. The standard InChI is InChI=1S/C42H48S5/c1-4-6-8-10-11-13-15-17-33-22-29-20-31-24-41(46-39(31)26-37(29)43-33)34-18-19-35(44-34)42-25-32-21-30-23-36(45-38(30)27-40(32)47-42)28(3)16-14-12-9-7-5-2/h18-28H,4-17H2,1-3H3. The van der Waals surface area contributed by atoms with Gasteiger partial charge >= 0.3 is 0 Å². The van der Waals surface area contributed by atoms with Crippen molar-refractivity contribution in [1.82, 2.24) is 0 Å². The van der Waals surface area contributed by atoms with Gasteiger partial charge < -0.3 is 0 Å². The van der Waals surface area contributed by atoms with E-state index in [1.54, 1.807) is 9.75 Å². The fourth-order valence-electron chi connectivity index (χ4n) is 6.89. The van der Waals surface area contributed by atoms with Gasteiger partial charge in [-0.1, -0.05) is 91.4 Å². The van der Waals surface area contributed by atoms with Gasteiger partial charge in [0.2, 0.25) is 0 Å². The molecule has 1 atom stereocenters. The molecule has 2 aromatic carbocycles. The van der Waals surface area contributed by atoms with E-state index < -0.39 is 0 Å². The minimum atomic E-state index is 0.662. The van der Waals surface area contributed by atoms with Gasteiger partial charge in [0.1, 0.15) is 0 Å². The molecule has 246 valence electrons. The summed E-state index contributed by atoms with van der Waals surface area (Å²) in [6, 6.07) is 24.2. The fraction of sp³-hybridized carbons (Fsp3) is 0.429. The molecule has 0 saturated carbocycles. The third kappa shape index (κ3) is 7.91. The van der Waals surface area contributed by atoms with Crippen molar-refractivity contribution in [3.63, 3.8) is 0 Å².